The largest absolute Gasteiger partial charge is 0.495 e. The van der Waals surface area contributed by atoms with Crippen molar-refractivity contribution in [3.8, 4) is 17.1 Å². The van der Waals surface area contributed by atoms with Crippen molar-refractivity contribution in [3.63, 3.8) is 0 Å². The summed E-state index contributed by atoms with van der Waals surface area (Å²) in [6.45, 7) is 2.18. The van der Waals surface area contributed by atoms with E-state index < -0.39 is 11.9 Å². The second kappa shape index (κ2) is 8.99. The van der Waals surface area contributed by atoms with Crippen molar-refractivity contribution in [2.24, 2.45) is 5.92 Å². The van der Waals surface area contributed by atoms with Crippen LogP contribution in [0, 0.1) is 5.92 Å². The highest BCUT2D eigenvalue weighted by atomic mass is 16.6. The standard InChI is InChI=1S/C23H23N3O5/c1-3-15-8-10-16(11-9-15)22-24-20(31-25-22)14-30-23(28)17-12-21(27)26(13-17)18-6-4-5-7-19(18)29-2/h4-11,17H,3,12-14H2,1-2H3/t17-/m0/s1. The third kappa shape index (κ3) is 4.42. The maximum Gasteiger partial charge on any atom is 0.311 e. The summed E-state index contributed by atoms with van der Waals surface area (Å²) < 4.78 is 15.9. The maximum absolute atomic E-state index is 12.5. The van der Waals surface area contributed by atoms with E-state index in [1.807, 2.05) is 36.4 Å². The lowest BCUT2D eigenvalue weighted by molar-refractivity contribution is -0.150. The lowest BCUT2D eigenvalue weighted by Gasteiger charge is -2.19. The summed E-state index contributed by atoms with van der Waals surface area (Å²) in [5, 5.41) is 3.95. The minimum Gasteiger partial charge on any atom is -0.495 e. The summed E-state index contributed by atoms with van der Waals surface area (Å²) in [4.78, 5) is 30.8. The lowest BCUT2D eigenvalue weighted by Crippen LogP contribution is -2.26. The molecule has 0 aliphatic carbocycles. The van der Waals surface area contributed by atoms with Crippen LogP contribution in [0.2, 0.25) is 0 Å². The fourth-order valence-corrected chi connectivity index (χ4v) is 3.52. The third-order valence-corrected chi connectivity index (χ3v) is 5.26. The van der Waals surface area contributed by atoms with Crippen molar-refractivity contribution in [3.05, 3.63) is 60.0 Å². The molecule has 3 aromatic rings. The van der Waals surface area contributed by atoms with Crippen LogP contribution >= 0.6 is 0 Å². The van der Waals surface area contributed by atoms with Gasteiger partial charge in [-0.2, -0.15) is 4.98 Å². The van der Waals surface area contributed by atoms with Crippen molar-refractivity contribution in [1.29, 1.82) is 0 Å². The van der Waals surface area contributed by atoms with E-state index in [-0.39, 0.29) is 31.4 Å². The Kier molecular flexibility index (Phi) is 5.97. The van der Waals surface area contributed by atoms with Crippen LogP contribution in [0.25, 0.3) is 11.4 Å². The molecule has 0 radical (unpaired) electrons. The van der Waals surface area contributed by atoms with E-state index >= 15 is 0 Å². The van der Waals surface area contributed by atoms with E-state index in [0.717, 1.165) is 12.0 Å². The molecule has 8 heteroatoms. The number of para-hydroxylation sites is 2. The third-order valence-electron chi connectivity index (χ3n) is 5.26. The minimum absolute atomic E-state index is 0.0791. The molecule has 8 nitrogen and oxygen atoms in total. The molecule has 1 aliphatic heterocycles. The van der Waals surface area contributed by atoms with E-state index in [4.69, 9.17) is 14.0 Å². The number of amides is 1. The highest BCUT2D eigenvalue weighted by Gasteiger charge is 2.37. The molecule has 1 aromatic heterocycles. The zero-order valence-corrected chi connectivity index (χ0v) is 17.4. The Labute approximate surface area is 179 Å². The summed E-state index contributed by atoms with van der Waals surface area (Å²) in [6, 6.07) is 15.1. The van der Waals surface area contributed by atoms with Crippen LogP contribution in [0.3, 0.4) is 0 Å². The fourth-order valence-electron chi connectivity index (χ4n) is 3.52. The Morgan fingerprint density at radius 1 is 1.19 bits per heavy atom. The van der Waals surface area contributed by atoms with Gasteiger partial charge in [0.05, 0.1) is 18.7 Å². The molecular formula is C23H23N3O5. The molecule has 160 valence electrons. The molecule has 1 aliphatic rings. The highest BCUT2D eigenvalue weighted by molar-refractivity contribution is 6.00. The smallest absolute Gasteiger partial charge is 0.311 e. The SMILES string of the molecule is CCc1ccc(-c2noc(COC(=O)[C@H]3CC(=O)N(c4ccccc4OC)C3)n2)cc1. The molecule has 2 heterocycles. The van der Waals surface area contributed by atoms with Crippen LogP contribution in [0.4, 0.5) is 5.69 Å². The van der Waals surface area contributed by atoms with Gasteiger partial charge in [0, 0.05) is 18.5 Å². The number of methoxy groups -OCH3 is 1. The van der Waals surface area contributed by atoms with Crippen molar-refractivity contribution in [2.45, 2.75) is 26.4 Å². The molecule has 0 unspecified atom stereocenters. The second-order valence-electron chi connectivity index (χ2n) is 7.25. The molecule has 1 amide bonds. The van der Waals surface area contributed by atoms with Crippen LogP contribution in [-0.4, -0.2) is 35.7 Å². The number of anilines is 1. The van der Waals surface area contributed by atoms with Gasteiger partial charge in [0.15, 0.2) is 6.61 Å². The number of ether oxygens (including phenoxy) is 2. The van der Waals surface area contributed by atoms with E-state index in [1.54, 1.807) is 24.1 Å². The first-order chi connectivity index (χ1) is 15.1. The van der Waals surface area contributed by atoms with Crippen LogP contribution in [0.15, 0.2) is 53.1 Å². The van der Waals surface area contributed by atoms with E-state index in [0.29, 0.717) is 17.3 Å². The van der Waals surface area contributed by atoms with Gasteiger partial charge in [-0.05, 0) is 24.1 Å². The Hall–Kier alpha value is -3.68. The van der Waals surface area contributed by atoms with Gasteiger partial charge >= 0.3 is 5.97 Å². The number of esters is 1. The number of hydrogen-bond acceptors (Lipinski definition) is 7. The van der Waals surface area contributed by atoms with Gasteiger partial charge < -0.3 is 18.9 Å². The first kappa shape index (κ1) is 20.6. The number of aromatic nitrogens is 2. The van der Waals surface area contributed by atoms with Gasteiger partial charge in [0.1, 0.15) is 5.75 Å². The fraction of sp³-hybridized carbons (Fsp3) is 0.304. The van der Waals surface area contributed by atoms with Gasteiger partial charge in [0.2, 0.25) is 11.7 Å². The van der Waals surface area contributed by atoms with E-state index in [9.17, 15) is 9.59 Å². The monoisotopic (exact) mass is 421 g/mol. The molecule has 1 fully saturated rings. The Morgan fingerprint density at radius 3 is 2.71 bits per heavy atom. The van der Waals surface area contributed by atoms with Crippen molar-refractivity contribution >= 4 is 17.6 Å². The average Bonchev–Trinajstić information content (AvgIpc) is 3.44. The first-order valence-corrected chi connectivity index (χ1v) is 10.1. The molecule has 0 N–H and O–H groups in total. The van der Waals surface area contributed by atoms with Gasteiger partial charge in [-0.3, -0.25) is 9.59 Å². The average molecular weight is 421 g/mol. The molecule has 2 aromatic carbocycles. The van der Waals surface area contributed by atoms with Gasteiger partial charge in [-0.15, -0.1) is 0 Å². The molecule has 1 atom stereocenters. The summed E-state index contributed by atoms with van der Waals surface area (Å²) >= 11 is 0. The number of benzene rings is 2. The van der Waals surface area contributed by atoms with Crippen LogP contribution in [0.1, 0.15) is 24.8 Å². The van der Waals surface area contributed by atoms with Crippen LogP contribution in [0.5, 0.6) is 5.75 Å². The molecular weight excluding hydrogens is 398 g/mol. The highest BCUT2D eigenvalue weighted by Crippen LogP contribution is 2.33. The van der Waals surface area contributed by atoms with Crippen LogP contribution in [-0.2, 0) is 27.4 Å². The number of carbonyl (C=O) groups excluding carboxylic acids is 2. The molecule has 1 saturated heterocycles. The van der Waals surface area contributed by atoms with E-state index in [2.05, 4.69) is 17.1 Å². The predicted molar refractivity (Wildman–Crippen MR) is 112 cm³/mol. The Morgan fingerprint density at radius 2 is 1.97 bits per heavy atom. The summed E-state index contributed by atoms with van der Waals surface area (Å²) in [5.74, 6) is 0.0254. The Balaban J connectivity index is 1.36. The van der Waals surface area contributed by atoms with Crippen molar-refractivity contribution in [1.82, 2.24) is 10.1 Å². The summed E-state index contributed by atoms with van der Waals surface area (Å²) in [6.07, 6.45) is 1.03. The summed E-state index contributed by atoms with van der Waals surface area (Å²) in [7, 11) is 1.54. The van der Waals surface area contributed by atoms with Gasteiger partial charge in [-0.25, -0.2) is 0 Å². The molecule has 0 bridgehead atoms. The number of nitrogens with zero attached hydrogens (tertiary/aromatic N) is 3. The molecule has 0 saturated carbocycles. The predicted octanol–water partition coefficient (Wildman–Crippen LogP) is 3.40. The topological polar surface area (TPSA) is 94.8 Å². The zero-order chi connectivity index (χ0) is 21.8. The zero-order valence-electron chi connectivity index (χ0n) is 17.4. The molecule has 0 spiro atoms. The number of aryl methyl sites for hydroxylation is 1. The Bertz CT molecular complexity index is 1080. The lowest BCUT2D eigenvalue weighted by atomic mass is 10.1. The number of carbonyl (C=O) groups is 2. The maximum atomic E-state index is 12.5. The van der Waals surface area contributed by atoms with Gasteiger partial charge in [0.25, 0.3) is 5.89 Å². The number of hydrogen-bond donors (Lipinski definition) is 0. The first-order valence-electron chi connectivity index (χ1n) is 10.1. The van der Waals surface area contributed by atoms with Crippen molar-refractivity contribution < 1.29 is 23.6 Å². The summed E-state index contributed by atoms with van der Waals surface area (Å²) in [5.41, 5.74) is 2.68. The normalized spacial score (nSPS) is 15.9. The van der Waals surface area contributed by atoms with Crippen LogP contribution < -0.4 is 9.64 Å². The number of rotatable bonds is 7. The van der Waals surface area contributed by atoms with Gasteiger partial charge in [-0.1, -0.05) is 48.5 Å². The van der Waals surface area contributed by atoms with Crippen molar-refractivity contribution in [2.75, 3.05) is 18.6 Å². The quantitative estimate of drug-likeness (QED) is 0.540. The van der Waals surface area contributed by atoms with E-state index in [1.165, 1.54) is 5.56 Å². The second-order valence-corrected chi connectivity index (χ2v) is 7.25. The molecule has 4 rings (SSSR count). The molecule has 31 heavy (non-hydrogen) atoms. The minimum atomic E-state index is -0.568.